The minimum Gasteiger partial charge on any atom is -0.489 e. The Hall–Kier alpha value is -1.22. The topological polar surface area (TPSA) is 24.5 Å². The Morgan fingerprint density at radius 3 is 2.45 bits per heavy atom. The van der Waals surface area contributed by atoms with Crippen LogP contribution in [0.25, 0.3) is 0 Å². The van der Waals surface area contributed by atoms with Gasteiger partial charge in [-0.05, 0) is 58.2 Å². The smallest absolute Gasteiger partial charge is 0.143 e. The molecule has 1 N–H and O–H groups in total. The second-order valence-corrected chi connectivity index (χ2v) is 6.50. The molecule has 1 fully saturated rings. The van der Waals surface area contributed by atoms with Crippen molar-refractivity contribution in [2.45, 2.75) is 72.1 Å². The molecule has 0 unspecified atom stereocenters. The van der Waals surface area contributed by atoms with E-state index in [0.717, 1.165) is 25.4 Å². The van der Waals surface area contributed by atoms with Crippen LogP contribution in [-0.4, -0.2) is 25.2 Å². The molecule has 0 radical (unpaired) electrons. The summed E-state index contributed by atoms with van der Waals surface area (Å²) in [5, 5.41) is 3.69. The zero-order valence-electron chi connectivity index (χ0n) is 14.7. The molecule has 22 heavy (non-hydrogen) atoms. The minimum atomic E-state index is 0.201. The highest BCUT2D eigenvalue weighted by Crippen LogP contribution is 2.30. The van der Waals surface area contributed by atoms with E-state index >= 15 is 0 Å². The zero-order chi connectivity index (χ0) is 15.9. The molecule has 1 aromatic carbocycles. The van der Waals surface area contributed by atoms with Crippen LogP contribution < -0.4 is 15.0 Å². The first-order chi connectivity index (χ1) is 10.6. The summed E-state index contributed by atoms with van der Waals surface area (Å²) in [7, 11) is 0. The molecule has 124 valence electrons. The van der Waals surface area contributed by atoms with Crippen LogP contribution >= 0.6 is 0 Å². The summed E-state index contributed by atoms with van der Waals surface area (Å²) in [6.45, 7) is 11.5. The number of hydrogen-bond donors (Lipinski definition) is 1. The summed E-state index contributed by atoms with van der Waals surface area (Å²) >= 11 is 0. The van der Waals surface area contributed by atoms with Gasteiger partial charge >= 0.3 is 0 Å². The van der Waals surface area contributed by atoms with E-state index in [1.807, 2.05) is 0 Å². The third kappa shape index (κ3) is 4.64. The van der Waals surface area contributed by atoms with Crippen molar-refractivity contribution in [2.75, 3.05) is 18.0 Å². The molecule has 1 aromatic rings. The van der Waals surface area contributed by atoms with Crippen molar-refractivity contribution in [3.63, 3.8) is 0 Å². The molecular weight excluding hydrogens is 272 g/mol. The Morgan fingerprint density at radius 2 is 1.86 bits per heavy atom. The molecule has 0 heterocycles. The lowest BCUT2D eigenvalue weighted by Crippen LogP contribution is -2.26. The predicted octanol–water partition coefficient (Wildman–Crippen LogP) is 4.35. The lowest BCUT2D eigenvalue weighted by Gasteiger charge is -2.25. The number of ether oxygens (including phenoxy) is 1. The molecule has 1 saturated carbocycles. The number of anilines is 1. The van der Waals surface area contributed by atoms with Crippen LogP contribution in [0.3, 0.4) is 0 Å². The van der Waals surface area contributed by atoms with Crippen molar-refractivity contribution >= 4 is 5.69 Å². The van der Waals surface area contributed by atoms with E-state index in [0.29, 0.717) is 6.04 Å². The summed E-state index contributed by atoms with van der Waals surface area (Å²) in [6, 6.07) is 7.38. The van der Waals surface area contributed by atoms with Gasteiger partial charge in [0.05, 0.1) is 11.8 Å². The van der Waals surface area contributed by atoms with Crippen LogP contribution in [0.4, 0.5) is 5.69 Å². The Morgan fingerprint density at radius 1 is 1.18 bits per heavy atom. The fourth-order valence-electron chi connectivity index (χ4n) is 3.23. The number of rotatable bonds is 8. The van der Waals surface area contributed by atoms with Gasteiger partial charge in [-0.15, -0.1) is 0 Å². The van der Waals surface area contributed by atoms with E-state index < -0.39 is 0 Å². The number of benzene rings is 1. The van der Waals surface area contributed by atoms with Crippen molar-refractivity contribution in [3.05, 3.63) is 23.8 Å². The van der Waals surface area contributed by atoms with Gasteiger partial charge in [0.2, 0.25) is 0 Å². The fraction of sp³-hybridized carbons (Fsp3) is 0.684. The molecule has 3 nitrogen and oxygen atoms in total. The van der Waals surface area contributed by atoms with E-state index in [-0.39, 0.29) is 6.10 Å². The first-order valence-electron chi connectivity index (χ1n) is 8.92. The predicted molar refractivity (Wildman–Crippen MR) is 94.9 cm³/mol. The van der Waals surface area contributed by atoms with Gasteiger partial charge in [0.25, 0.3) is 0 Å². The number of nitrogens with zero attached hydrogens (tertiary/aromatic N) is 1. The van der Waals surface area contributed by atoms with E-state index in [2.05, 4.69) is 56.1 Å². The minimum absolute atomic E-state index is 0.201. The average Bonchev–Trinajstić information content (AvgIpc) is 3.01. The number of nitrogens with one attached hydrogen (secondary N) is 1. The molecule has 0 spiro atoms. The van der Waals surface area contributed by atoms with Crippen LogP contribution in [0.2, 0.25) is 0 Å². The highest BCUT2D eigenvalue weighted by molar-refractivity contribution is 5.59. The average molecular weight is 304 g/mol. The number of hydrogen-bond acceptors (Lipinski definition) is 3. The Balaban J connectivity index is 2.10. The summed E-state index contributed by atoms with van der Waals surface area (Å²) in [4.78, 5) is 2.35. The van der Waals surface area contributed by atoms with E-state index in [1.54, 1.807) is 0 Å². The van der Waals surface area contributed by atoms with Gasteiger partial charge in [0, 0.05) is 25.7 Å². The van der Waals surface area contributed by atoms with Crippen molar-refractivity contribution in [2.24, 2.45) is 0 Å². The van der Waals surface area contributed by atoms with Crippen molar-refractivity contribution in [1.29, 1.82) is 0 Å². The lowest BCUT2D eigenvalue weighted by atomic mass is 10.1. The molecule has 0 saturated heterocycles. The normalized spacial score (nSPS) is 15.5. The monoisotopic (exact) mass is 304 g/mol. The molecule has 0 atom stereocenters. The fourth-order valence-corrected chi connectivity index (χ4v) is 3.23. The molecular formula is C19H32N2O. The highest BCUT2D eigenvalue weighted by Gasteiger charge is 2.15. The van der Waals surface area contributed by atoms with Gasteiger partial charge in [0.1, 0.15) is 5.75 Å². The second kappa shape index (κ2) is 8.42. The molecule has 3 heteroatoms. The third-order valence-corrected chi connectivity index (χ3v) is 4.44. The summed E-state index contributed by atoms with van der Waals surface area (Å²) in [5.41, 5.74) is 2.53. The van der Waals surface area contributed by atoms with Gasteiger partial charge in [-0.3, -0.25) is 0 Å². The summed E-state index contributed by atoms with van der Waals surface area (Å²) < 4.78 is 6.07. The summed E-state index contributed by atoms with van der Waals surface area (Å²) in [5.74, 6) is 1.02. The Kier molecular flexibility index (Phi) is 6.56. The SMILES string of the molecule is CCN(CC)c1ccc(CNC2CCCC2)cc1OC(C)C. The first-order valence-corrected chi connectivity index (χ1v) is 8.92. The Bertz CT molecular complexity index is 449. The maximum absolute atomic E-state index is 6.07. The van der Waals surface area contributed by atoms with Crippen LogP contribution in [0.1, 0.15) is 58.9 Å². The first kappa shape index (κ1) is 17.1. The third-order valence-electron chi connectivity index (χ3n) is 4.44. The molecule has 0 aromatic heterocycles. The highest BCUT2D eigenvalue weighted by atomic mass is 16.5. The molecule has 0 amide bonds. The largest absolute Gasteiger partial charge is 0.489 e. The quantitative estimate of drug-likeness (QED) is 0.772. The molecule has 2 rings (SSSR count). The van der Waals surface area contributed by atoms with Crippen LogP contribution in [-0.2, 0) is 6.54 Å². The molecule has 1 aliphatic carbocycles. The second-order valence-electron chi connectivity index (χ2n) is 6.50. The molecule has 1 aliphatic rings. The zero-order valence-corrected chi connectivity index (χ0v) is 14.7. The van der Waals surface area contributed by atoms with E-state index in [1.165, 1.54) is 36.9 Å². The lowest BCUT2D eigenvalue weighted by molar-refractivity contribution is 0.242. The molecule has 0 aliphatic heterocycles. The van der Waals surface area contributed by atoms with Gasteiger partial charge in [0.15, 0.2) is 0 Å². The van der Waals surface area contributed by atoms with Gasteiger partial charge in [-0.1, -0.05) is 18.9 Å². The summed E-state index contributed by atoms with van der Waals surface area (Å²) in [6.07, 6.45) is 5.60. The van der Waals surface area contributed by atoms with Crippen LogP contribution in [0.15, 0.2) is 18.2 Å². The molecule has 0 bridgehead atoms. The maximum atomic E-state index is 6.07. The Labute approximate surface area is 136 Å². The van der Waals surface area contributed by atoms with Crippen LogP contribution in [0.5, 0.6) is 5.75 Å². The standard InChI is InChI=1S/C19H32N2O/c1-5-21(6-2)18-12-11-16(13-19(18)22-15(3)4)14-20-17-9-7-8-10-17/h11-13,15,17,20H,5-10,14H2,1-4H3. The van der Waals surface area contributed by atoms with Gasteiger partial charge < -0.3 is 15.0 Å². The van der Waals surface area contributed by atoms with E-state index in [9.17, 15) is 0 Å². The van der Waals surface area contributed by atoms with Gasteiger partial charge in [-0.25, -0.2) is 0 Å². The van der Waals surface area contributed by atoms with Crippen molar-refractivity contribution < 1.29 is 4.74 Å². The maximum Gasteiger partial charge on any atom is 0.143 e. The van der Waals surface area contributed by atoms with Crippen LogP contribution in [0, 0.1) is 0 Å². The van der Waals surface area contributed by atoms with E-state index in [4.69, 9.17) is 4.74 Å². The van der Waals surface area contributed by atoms with Gasteiger partial charge in [-0.2, -0.15) is 0 Å². The van der Waals surface area contributed by atoms with Crippen molar-refractivity contribution in [3.8, 4) is 5.75 Å². The van der Waals surface area contributed by atoms with Crippen molar-refractivity contribution in [1.82, 2.24) is 5.32 Å².